The van der Waals surface area contributed by atoms with Crippen LogP contribution in [0.15, 0.2) is 54.6 Å². The third kappa shape index (κ3) is 5.52. The lowest BCUT2D eigenvalue weighted by Crippen LogP contribution is -2.13. The maximum atomic E-state index is 13.7. The predicted molar refractivity (Wildman–Crippen MR) is 108 cm³/mol. The van der Waals surface area contributed by atoms with E-state index in [2.05, 4.69) is 12.2 Å². The van der Waals surface area contributed by atoms with E-state index in [-0.39, 0.29) is 11.3 Å². The predicted octanol–water partition coefficient (Wildman–Crippen LogP) is 5.39. The summed E-state index contributed by atoms with van der Waals surface area (Å²) in [6.45, 7) is 0.659. The number of nitrogens with zero attached hydrogens (tertiary/aromatic N) is 1. The Kier molecular flexibility index (Phi) is 7.15. The summed E-state index contributed by atoms with van der Waals surface area (Å²) in [5.74, 6) is -0.0628. The van der Waals surface area contributed by atoms with Gasteiger partial charge in [-0.15, -0.1) is 0 Å². The van der Waals surface area contributed by atoms with Crippen molar-refractivity contribution >= 4 is 5.97 Å². The van der Waals surface area contributed by atoms with Crippen LogP contribution < -0.4 is 4.74 Å². The Morgan fingerprint density at radius 1 is 1.17 bits per heavy atom. The Balaban J connectivity index is 1.57. The first-order chi connectivity index (χ1) is 14.1. The Labute approximate surface area is 170 Å². The standard InChI is InChI=1S/C24H24FNO3/c1-28-14-2-3-17-4-6-18(7-5-17)19-8-10-20(11-9-19)24(27)29-22-13-12-21(16-26)23(25)15-22/h2-3,8-13,15,17-18H,4-7,14H2,1H3/b3-2+. The first-order valence-corrected chi connectivity index (χ1v) is 9.78. The lowest BCUT2D eigenvalue weighted by molar-refractivity contribution is 0.0734. The van der Waals surface area contributed by atoms with Crippen molar-refractivity contribution in [1.29, 1.82) is 5.26 Å². The molecule has 0 spiro atoms. The van der Waals surface area contributed by atoms with Gasteiger partial charge in [0.15, 0.2) is 0 Å². The number of ether oxygens (including phenoxy) is 2. The van der Waals surface area contributed by atoms with Crippen molar-refractivity contribution in [2.75, 3.05) is 13.7 Å². The van der Waals surface area contributed by atoms with Crippen LogP contribution in [0.2, 0.25) is 0 Å². The van der Waals surface area contributed by atoms with Crippen LogP contribution in [0.4, 0.5) is 4.39 Å². The molecule has 0 bridgehead atoms. The van der Waals surface area contributed by atoms with Crippen LogP contribution >= 0.6 is 0 Å². The zero-order chi connectivity index (χ0) is 20.6. The van der Waals surface area contributed by atoms with E-state index in [1.54, 1.807) is 25.3 Å². The average molecular weight is 393 g/mol. The maximum absolute atomic E-state index is 13.7. The quantitative estimate of drug-likeness (QED) is 0.375. The Morgan fingerprint density at radius 3 is 2.52 bits per heavy atom. The van der Waals surface area contributed by atoms with Crippen molar-refractivity contribution in [3.63, 3.8) is 0 Å². The van der Waals surface area contributed by atoms with Crippen molar-refractivity contribution < 1.29 is 18.7 Å². The van der Waals surface area contributed by atoms with Crippen LogP contribution in [0.25, 0.3) is 0 Å². The lowest BCUT2D eigenvalue weighted by atomic mass is 9.78. The van der Waals surface area contributed by atoms with Gasteiger partial charge in [0.25, 0.3) is 0 Å². The van der Waals surface area contributed by atoms with E-state index in [4.69, 9.17) is 14.7 Å². The normalized spacial score (nSPS) is 19.1. The molecule has 150 valence electrons. The molecule has 0 heterocycles. The summed E-state index contributed by atoms with van der Waals surface area (Å²) in [5.41, 5.74) is 1.55. The number of esters is 1. The summed E-state index contributed by atoms with van der Waals surface area (Å²) in [7, 11) is 1.70. The molecule has 1 aliphatic carbocycles. The van der Waals surface area contributed by atoms with E-state index in [1.807, 2.05) is 12.1 Å². The highest BCUT2D eigenvalue weighted by Gasteiger charge is 2.21. The number of nitriles is 1. The highest BCUT2D eigenvalue weighted by molar-refractivity contribution is 5.91. The number of benzene rings is 2. The molecule has 0 amide bonds. The number of carbonyl (C=O) groups excluding carboxylic acids is 1. The summed E-state index contributed by atoms with van der Waals surface area (Å²) in [5, 5.41) is 8.76. The fourth-order valence-electron chi connectivity index (χ4n) is 3.70. The molecular formula is C24H24FNO3. The summed E-state index contributed by atoms with van der Waals surface area (Å²) >= 11 is 0. The van der Waals surface area contributed by atoms with E-state index < -0.39 is 11.8 Å². The van der Waals surface area contributed by atoms with Crippen molar-refractivity contribution in [1.82, 2.24) is 0 Å². The molecule has 0 unspecified atom stereocenters. The topological polar surface area (TPSA) is 59.3 Å². The number of rotatable bonds is 6. The SMILES string of the molecule is COC/C=C/C1CCC(c2ccc(C(=O)Oc3ccc(C#N)c(F)c3)cc2)CC1. The monoisotopic (exact) mass is 393 g/mol. The van der Waals surface area contributed by atoms with Crippen LogP contribution in [0, 0.1) is 23.1 Å². The zero-order valence-electron chi connectivity index (χ0n) is 16.4. The van der Waals surface area contributed by atoms with Crippen molar-refractivity contribution in [2.45, 2.75) is 31.6 Å². The van der Waals surface area contributed by atoms with Crippen LogP contribution in [0.3, 0.4) is 0 Å². The van der Waals surface area contributed by atoms with Crippen LogP contribution in [0.1, 0.15) is 53.1 Å². The highest BCUT2D eigenvalue weighted by atomic mass is 19.1. The van der Waals surface area contributed by atoms with Gasteiger partial charge < -0.3 is 9.47 Å². The molecule has 4 nitrogen and oxygen atoms in total. The van der Waals surface area contributed by atoms with Gasteiger partial charge in [-0.25, -0.2) is 9.18 Å². The molecular weight excluding hydrogens is 369 g/mol. The zero-order valence-corrected chi connectivity index (χ0v) is 16.4. The first-order valence-electron chi connectivity index (χ1n) is 9.78. The molecule has 0 saturated heterocycles. The maximum Gasteiger partial charge on any atom is 0.343 e. The summed E-state index contributed by atoms with van der Waals surface area (Å²) in [4.78, 5) is 12.3. The minimum atomic E-state index is -0.708. The van der Waals surface area contributed by atoms with E-state index >= 15 is 0 Å². The third-order valence-corrected chi connectivity index (χ3v) is 5.33. The molecule has 1 aliphatic rings. The van der Waals surface area contributed by atoms with Gasteiger partial charge in [-0.2, -0.15) is 5.26 Å². The first kappa shape index (κ1) is 20.8. The van der Waals surface area contributed by atoms with Crippen molar-refractivity contribution in [3.8, 4) is 11.8 Å². The number of hydrogen-bond donors (Lipinski definition) is 0. The van der Waals surface area contributed by atoms with E-state index in [0.29, 0.717) is 24.0 Å². The van der Waals surface area contributed by atoms with Gasteiger partial charge in [0.05, 0.1) is 17.7 Å². The second-order valence-electron chi connectivity index (χ2n) is 7.26. The molecule has 29 heavy (non-hydrogen) atoms. The van der Waals surface area contributed by atoms with Crippen LogP contribution in [0.5, 0.6) is 5.75 Å². The molecule has 1 saturated carbocycles. The van der Waals surface area contributed by atoms with Gasteiger partial charge in [-0.1, -0.05) is 24.3 Å². The largest absolute Gasteiger partial charge is 0.423 e. The summed E-state index contributed by atoms with van der Waals surface area (Å²) in [6.07, 6.45) is 8.89. The fraction of sp³-hybridized carbons (Fsp3) is 0.333. The molecule has 2 aromatic carbocycles. The summed E-state index contributed by atoms with van der Waals surface area (Å²) < 4.78 is 23.9. The minimum Gasteiger partial charge on any atom is -0.423 e. The van der Waals surface area contributed by atoms with E-state index in [1.165, 1.54) is 17.7 Å². The van der Waals surface area contributed by atoms with Gasteiger partial charge in [0.1, 0.15) is 17.6 Å². The molecule has 3 rings (SSSR count). The molecule has 0 aromatic heterocycles. The Bertz CT molecular complexity index is 907. The molecule has 5 heteroatoms. The smallest absolute Gasteiger partial charge is 0.343 e. The van der Waals surface area contributed by atoms with Crippen molar-refractivity contribution in [2.24, 2.45) is 5.92 Å². The molecule has 0 aliphatic heterocycles. The summed E-state index contributed by atoms with van der Waals surface area (Å²) in [6, 6.07) is 12.9. The number of hydrogen-bond acceptors (Lipinski definition) is 4. The molecule has 0 atom stereocenters. The molecule has 2 aromatic rings. The third-order valence-electron chi connectivity index (χ3n) is 5.33. The average Bonchev–Trinajstić information content (AvgIpc) is 2.75. The highest BCUT2D eigenvalue weighted by Crippen LogP contribution is 2.36. The number of allylic oxidation sites excluding steroid dienone is 1. The van der Waals surface area contributed by atoms with Gasteiger partial charge in [0, 0.05) is 13.2 Å². The van der Waals surface area contributed by atoms with Crippen LogP contribution in [-0.4, -0.2) is 19.7 Å². The van der Waals surface area contributed by atoms with Gasteiger partial charge in [-0.3, -0.25) is 0 Å². The van der Waals surface area contributed by atoms with Gasteiger partial charge in [0.2, 0.25) is 0 Å². The molecule has 0 N–H and O–H groups in total. The van der Waals surface area contributed by atoms with E-state index in [9.17, 15) is 9.18 Å². The molecule has 1 fully saturated rings. The Hall–Kier alpha value is -2.97. The number of carbonyl (C=O) groups is 1. The van der Waals surface area contributed by atoms with Gasteiger partial charge >= 0.3 is 5.97 Å². The Morgan fingerprint density at radius 2 is 1.90 bits per heavy atom. The number of methoxy groups -OCH3 is 1. The lowest BCUT2D eigenvalue weighted by Gasteiger charge is -2.27. The van der Waals surface area contributed by atoms with Gasteiger partial charge in [-0.05, 0) is 67.3 Å². The minimum absolute atomic E-state index is 0.0791. The van der Waals surface area contributed by atoms with Crippen molar-refractivity contribution in [3.05, 3.63) is 77.1 Å². The van der Waals surface area contributed by atoms with Crippen LogP contribution in [-0.2, 0) is 4.74 Å². The fourth-order valence-corrected chi connectivity index (χ4v) is 3.70. The molecule has 0 radical (unpaired) electrons. The second kappa shape index (κ2) is 9.99. The van der Waals surface area contributed by atoms with E-state index in [0.717, 1.165) is 31.7 Å². The second-order valence-corrected chi connectivity index (χ2v) is 7.26. The number of halogens is 1.